The van der Waals surface area contributed by atoms with Crippen LogP contribution in [0, 0.1) is 5.92 Å². The molecule has 0 heterocycles. The Balaban J connectivity index is 2.23. The third-order valence-corrected chi connectivity index (χ3v) is 3.48. The van der Waals surface area contributed by atoms with Crippen molar-refractivity contribution in [2.24, 2.45) is 5.92 Å². The maximum absolute atomic E-state index is 10.8. The number of rotatable bonds is 3. The molecule has 1 aliphatic rings. The number of carboxylic acid groups (broad SMARTS) is 1. The molecule has 18 heavy (non-hydrogen) atoms. The van der Waals surface area contributed by atoms with Gasteiger partial charge in [0.2, 0.25) is 0 Å². The van der Waals surface area contributed by atoms with Crippen molar-refractivity contribution in [2.45, 2.75) is 26.7 Å². The molecule has 2 heteroatoms. The van der Waals surface area contributed by atoms with Crippen molar-refractivity contribution in [1.82, 2.24) is 0 Å². The molecule has 0 aromatic heterocycles. The highest BCUT2D eigenvalue weighted by atomic mass is 16.4. The van der Waals surface area contributed by atoms with Gasteiger partial charge in [-0.05, 0) is 42.0 Å². The Labute approximate surface area is 108 Å². The van der Waals surface area contributed by atoms with E-state index in [9.17, 15) is 4.79 Å². The van der Waals surface area contributed by atoms with Crippen LogP contribution in [0.5, 0.6) is 0 Å². The lowest BCUT2D eigenvalue weighted by Crippen LogP contribution is -2.03. The van der Waals surface area contributed by atoms with Gasteiger partial charge < -0.3 is 5.11 Å². The van der Waals surface area contributed by atoms with Crippen LogP contribution in [0.2, 0.25) is 0 Å². The molecule has 94 valence electrons. The number of hydrogen-bond donors (Lipinski definition) is 1. The van der Waals surface area contributed by atoms with Gasteiger partial charge in [0.05, 0.1) is 5.56 Å². The van der Waals surface area contributed by atoms with Crippen LogP contribution in [0.1, 0.15) is 42.6 Å². The number of hydrogen-bond acceptors (Lipinski definition) is 1. The predicted octanol–water partition coefficient (Wildman–Crippen LogP) is 4.14. The molecule has 2 nitrogen and oxygen atoms in total. The fourth-order valence-electron chi connectivity index (χ4n) is 2.39. The summed E-state index contributed by atoms with van der Waals surface area (Å²) in [4.78, 5) is 10.8. The first kappa shape index (κ1) is 12.6. The van der Waals surface area contributed by atoms with E-state index in [1.807, 2.05) is 12.1 Å². The number of benzene rings is 1. The van der Waals surface area contributed by atoms with Crippen molar-refractivity contribution in [1.29, 1.82) is 0 Å². The summed E-state index contributed by atoms with van der Waals surface area (Å²) in [5.41, 5.74) is 4.24. The van der Waals surface area contributed by atoms with E-state index in [-0.39, 0.29) is 0 Å². The van der Waals surface area contributed by atoms with Crippen molar-refractivity contribution in [2.75, 3.05) is 0 Å². The molecule has 0 radical (unpaired) electrons. The second-order valence-electron chi connectivity index (χ2n) is 4.71. The van der Waals surface area contributed by atoms with Gasteiger partial charge in [-0.1, -0.05) is 43.7 Å². The summed E-state index contributed by atoms with van der Waals surface area (Å²) in [5.74, 6) is -0.468. The van der Waals surface area contributed by atoms with E-state index in [1.54, 1.807) is 12.1 Å². The molecular weight excluding hydrogens is 224 g/mol. The Bertz CT molecular complexity index is 506. The van der Waals surface area contributed by atoms with Crippen LogP contribution >= 0.6 is 0 Å². The molecule has 0 fully saturated rings. The molecule has 0 aliphatic heterocycles. The number of carbonyl (C=O) groups is 1. The van der Waals surface area contributed by atoms with Gasteiger partial charge in [-0.2, -0.15) is 0 Å². The number of allylic oxidation sites excluding steroid dienone is 4. The van der Waals surface area contributed by atoms with Crippen LogP contribution < -0.4 is 0 Å². The summed E-state index contributed by atoms with van der Waals surface area (Å²) < 4.78 is 0. The van der Waals surface area contributed by atoms with Crippen LogP contribution in [-0.4, -0.2) is 11.1 Å². The molecule has 0 saturated heterocycles. The Morgan fingerprint density at radius 2 is 2.00 bits per heavy atom. The third-order valence-electron chi connectivity index (χ3n) is 3.48. The predicted molar refractivity (Wildman–Crippen MR) is 73.5 cm³/mol. The molecule has 0 spiro atoms. The first-order valence-electron chi connectivity index (χ1n) is 6.35. The zero-order chi connectivity index (χ0) is 13.1. The SMILES string of the molecule is CCC1=CC(C)C(c2ccc(C(=O)O)cc2)=CC1. The molecule has 1 unspecified atom stereocenters. The van der Waals surface area contributed by atoms with E-state index in [2.05, 4.69) is 26.0 Å². The second kappa shape index (κ2) is 5.21. The van der Waals surface area contributed by atoms with Gasteiger partial charge in [0.25, 0.3) is 0 Å². The summed E-state index contributed by atoms with van der Waals surface area (Å²) in [5, 5.41) is 8.88. The second-order valence-corrected chi connectivity index (χ2v) is 4.71. The molecular formula is C16H18O2. The molecule has 2 rings (SSSR count). The Morgan fingerprint density at radius 3 is 2.50 bits per heavy atom. The molecule has 1 aromatic rings. The van der Waals surface area contributed by atoms with Gasteiger partial charge in [0, 0.05) is 0 Å². The van der Waals surface area contributed by atoms with E-state index in [4.69, 9.17) is 5.11 Å². The van der Waals surface area contributed by atoms with E-state index in [0.29, 0.717) is 11.5 Å². The Hall–Kier alpha value is -1.83. The molecule has 1 aliphatic carbocycles. The van der Waals surface area contributed by atoms with Crippen LogP contribution in [0.25, 0.3) is 5.57 Å². The zero-order valence-corrected chi connectivity index (χ0v) is 10.8. The minimum atomic E-state index is -0.875. The maximum atomic E-state index is 10.8. The highest BCUT2D eigenvalue weighted by molar-refractivity contribution is 5.88. The summed E-state index contributed by atoms with van der Waals surface area (Å²) in [6, 6.07) is 7.14. The van der Waals surface area contributed by atoms with Crippen LogP contribution in [-0.2, 0) is 0 Å². The monoisotopic (exact) mass is 242 g/mol. The average molecular weight is 242 g/mol. The van der Waals surface area contributed by atoms with Gasteiger partial charge in [0.15, 0.2) is 0 Å². The molecule has 0 saturated carbocycles. The van der Waals surface area contributed by atoms with E-state index < -0.39 is 5.97 Å². The van der Waals surface area contributed by atoms with Crippen LogP contribution in [0.4, 0.5) is 0 Å². The first-order chi connectivity index (χ1) is 8.61. The average Bonchev–Trinajstić information content (AvgIpc) is 2.38. The van der Waals surface area contributed by atoms with Crippen LogP contribution in [0.3, 0.4) is 0 Å². The van der Waals surface area contributed by atoms with Gasteiger partial charge in [0.1, 0.15) is 0 Å². The summed E-state index contributed by atoms with van der Waals surface area (Å²) in [6.45, 7) is 4.37. The Kier molecular flexibility index (Phi) is 3.66. The van der Waals surface area contributed by atoms with Crippen molar-refractivity contribution in [3.63, 3.8) is 0 Å². The smallest absolute Gasteiger partial charge is 0.335 e. The fourth-order valence-corrected chi connectivity index (χ4v) is 2.39. The zero-order valence-electron chi connectivity index (χ0n) is 10.8. The third kappa shape index (κ3) is 2.53. The van der Waals surface area contributed by atoms with Crippen molar-refractivity contribution in [3.8, 4) is 0 Å². The highest BCUT2D eigenvalue weighted by Crippen LogP contribution is 2.31. The van der Waals surface area contributed by atoms with Gasteiger partial charge >= 0.3 is 5.97 Å². The molecule has 1 aromatic carbocycles. The summed E-state index contributed by atoms with van der Waals surface area (Å²) in [6.07, 6.45) is 6.70. The summed E-state index contributed by atoms with van der Waals surface area (Å²) >= 11 is 0. The molecule has 1 atom stereocenters. The molecule has 1 N–H and O–H groups in total. The molecule has 0 bridgehead atoms. The highest BCUT2D eigenvalue weighted by Gasteiger charge is 2.14. The summed E-state index contributed by atoms with van der Waals surface area (Å²) in [7, 11) is 0. The lowest BCUT2D eigenvalue weighted by molar-refractivity contribution is 0.0697. The van der Waals surface area contributed by atoms with E-state index >= 15 is 0 Å². The largest absolute Gasteiger partial charge is 0.478 e. The van der Waals surface area contributed by atoms with Gasteiger partial charge in [-0.15, -0.1) is 0 Å². The van der Waals surface area contributed by atoms with E-state index in [1.165, 1.54) is 11.1 Å². The van der Waals surface area contributed by atoms with Gasteiger partial charge in [-0.25, -0.2) is 4.79 Å². The number of carboxylic acids is 1. The maximum Gasteiger partial charge on any atom is 0.335 e. The van der Waals surface area contributed by atoms with Gasteiger partial charge in [-0.3, -0.25) is 0 Å². The van der Waals surface area contributed by atoms with Crippen molar-refractivity contribution in [3.05, 3.63) is 53.1 Å². The first-order valence-corrected chi connectivity index (χ1v) is 6.35. The normalized spacial score (nSPS) is 19.1. The van der Waals surface area contributed by atoms with E-state index in [0.717, 1.165) is 18.4 Å². The lowest BCUT2D eigenvalue weighted by Gasteiger charge is -2.20. The number of aromatic carboxylic acids is 1. The molecule has 0 amide bonds. The van der Waals surface area contributed by atoms with Crippen LogP contribution in [0.15, 0.2) is 42.0 Å². The topological polar surface area (TPSA) is 37.3 Å². The Morgan fingerprint density at radius 1 is 1.33 bits per heavy atom. The van der Waals surface area contributed by atoms with Crippen molar-refractivity contribution < 1.29 is 9.90 Å². The lowest BCUT2D eigenvalue weighted by atomic mass is 9.85. The fraction of sp³-hybridized carbons (Fsp3) is 0.312. The minimum absolute atomic E-state index is 0.340. The quantitative estimate of drug-likeness (QED) is 0.809. The van der Waals surface area contributed by atoms with Crippen molar-refractivity contribution >= 4 is 11.5 Å². The minimum Gasteiger partial charge on any atom is -0.478 e. The standard InChI is InChI=1S/C16H18O2/c1-3-12-4-9-15(11(2)10-12)13-5-7-14(8-6-13)16(17)18/h5-11H,3-4H2,1-2H3,(H,17,18).